The van der Waals surface area contributed by atoms with Gasteiger partial charge >= 0.3 is 0 Å². The number of rotatable bonds is 7. The first-order chi connectivity index (χ1) is 13.4. The second-order valence-corrected chi connectivity index (χ2v) is 9.16. The second kappa shape index (κ2) is 8.23. The minimum absolute atomic E-state index is 0.0799. The van der Waals surface area contributed by atoms with Crippen LogP contribution in [0.1, 0.15) is 38.4 Å². The maximum Gasteiger partial charge on any atom is 0.123 e. The number of halogens is 1. The number of morpholine rings is 1. The van der Waals surface area contributed by atoms with E-state index >= 15 is 0 Å². The number of benzene rings is 1. The van der Waals surface area contributed by atoms with Gasteiger partial charge in [-0.15, -0.1) is 0 Å². The molecule has 2 fully saturated rings. The molecule has 154 valence electrons. The highest BCUT2D eigenvalue weighted by molar-refractivity contribution is 5.23. The van der Waals surface area contributed by atoms with Crippen LogP contribution in [0, 0.1) is 23.1 Å². The van der Waals surface area contributed by atoms with Gasteiger partial charge in [-0.2, -0.15) is 0 Å². The van der Waals surface area contributed by atoms with Gasteiger partial charge in [-0.05, 0) is 53.4 Å². The summed E-state index contributed by atoms with van der Waals surface area (Å²) < 4.78 is 24.8. The molecule has 0 spiro atoms. The molecule has 4 atom stereocenters. The van der Waals surface area contributed by atoms with E-state index in [0.717, 1.165) is 18.0 Å². The Morgan fingerprint density at radius 1 is 1.32 bits per heavy atom. The monoisotopic (exact) mass is 389 g/mol. The van der Waals surface area contributed by atoms with E-state index < -0.39 is 6.10 Å². The highest BCUT2D eigenvalue weighted by Gasteiger charge is 2.50. The lowest BCUT2D eigenvalue weighted by Crippen LogP contribution is -2.48. The fourth-order valence-electron chi connectivity index (χ4n) is 5.05. The Balaban J connectivity index is 1.21. The van der Waals surface area contributed by atoms with E-state index in [1.165, 1.54) is 30.5 Å². The van der Waals surface area contributed by atoms with Crippen LogP contribution in [0.25, 0.3) is 0 Å². The molecule has 4 nitrogen and oxygen atoms in total. The number of hydrogen-bond acceptors (Lipinski definition) is 4. The topological polar surface area (TPSA) is 41.9 Å². The molecule has 3 aliphatic carbocycles. The summed E-state index contributed by atoms with van der Waals surface area (Å²) in [7, 11) is 0. The molecule has 1 N–H and O–H groups in total. The molecule has 0 unspecified atom stereocenters. The molecular weight excluding hydrogens is 357 g/mol. The van der Waals surface area contributed by atoms with Crippen LogP contribution < -0.4 is 0 Å². The predicted molar refractivity (Wildman–Crippen MR) is 106 cm³/mol. The summed E-state index contributed by atoms with van der Waals surface area (Å²) in [6.07, 6.45) is 4.22. The summed E-state index contributed by atoms with van der Waals surface area (Å²) in [6.45, 7) is 8.39. The summed E-state index contributed by atoms with van der Waals surface area (Å²) in [5.41, 5.74) is 2.81. The molecule has 0 amide bonds. The van der Waals surface area contributed by atoms with Gasteiger partial charge < -0.3 is 14.6 Å². The molecule has 1 aromatic carbocycles. The predicted octanol–water partition coefficient (Wildman–Crippen LogP) is 3.57. The Hall–Kier alpha value is -1.27. The Kier molecular flexibility index (Phi) is 5.88. The van der Waals surface area contributed by atoms with Crippen LogP contribution in [-0.4, -0.2) is 55.6 Å². The standard InChI is InChI=1S/C23H32FNO3/c1-23(2)18-6-3-17(21(23)11-18)14-27-15-20(26)12-25-9-10-28-22(13-25)16-4-7-19(24)8-5-16/h3-5,7-8,18,20-22,26H,6,9-15H2,1-2H3/t18-,20-,21-,22+/m0/s1. The summed E-state index contributed by atoms with van der Waals surface area (Å²) in [6, 6.07) is 6.47. The van der Waals surface area contributed by atoms with Gasteiger partial charge in [0.15, 0.2) is 0 Å². The van der Waals surface area contributed by atoms with Crippen molar-refractivity contribution in [3.05, 3.63) is 47.3 Å². The number of ether oxygens (including phenoxy) is 2. The quantitative estimate of drug-likeness (QED) is 0.724. The Bertz CT molecular complexity index is 702. The summed E-state index contributed by atoms with van der Waals surface area (Å²) >= 11 is 0. The van der Waals surface area contributed by atoms with Crippen molar-refractivity contribution in [2.24, 2.45) is 17.3 Å². The van der Waals surface area contributed by atoms with Crippen LogP contribution in [-0.2, 0) is 9.47 Å². The van der Waals surface area contributed by atoms with Gasteiger partial charge in [0.25, 0.3) is 0 Å². The number of hydrogen-bond donors (Lipinski definition) is 1. The molecule has 0 radical (unpaired) electrons. The second-order valence-electron chi connectivity index (χ2n) is 9.16. The SMILES string of the molecule is CC1(C)[C@H]2CC=C(COC[C@@H](O)CN3CCO[C@@H](c4ccc(F)cc4)C3)[C@@H]1C2. The zero-order valence-electron chi connectivity index (χ0n) is 16.9. The van der Waals surface area contributed by atoms with Crippen molar-refractivity contribution in [1.29, 1.82) is 0 Å². The average molecular weight is 390 g/mol. The van der Waals surface area contributed by atoms with Crippen molar-refractivity contribution in [3.63, 3.8) is 0 Å². The highest BCUT2D eigenvalue weighted by Crippen LogP contribution is 2.59. The van der Waals surface area contributed by atoms with Crippen molar-refractivity contribution in [3.8, 4) is 0 Å². The van der Waals surface area contributed by atoms with Crippen molar-refractivity contribution < 1.29 is 19.0 Å². The fourth-order valence-corrected chi connectivity index (χ4v) is 5.05. The lowest BCUT2D eigenvalue weighted by Gasteiger charge is -2.56. The zero-order chi connectivity index (χ0) is 19.7. The minimum atomic E-state index is -0.515. The van der Waals surface area contributed by atoms with E-state index in [1.54, 1.807) is 12.1 Å². The largest absolute Gasteiger partial charge is 0.389 e. The van der Waals surface area contributed by atoms with E-state index in [-0.39, 0.29) is 11.9 Å². The number of aliphatic hydroxyl groups excluding tert-OH is 1. The van der Waals surface area contributed by atoms with E-state index in [1.807, 2.05) is 0 Å². The van der Waals surface area contributed by atoms with Crippen LogP contribution in [0.5, 0.6) is 0 Å². The fraction of sp³-hybridized carbons (Fsp3) is 0.652. The maximum atomic E-state index is 13.1. The third kappa shape index (κ3) is 4.18. The number of aliphatic hydroxyl groups is 1. The number of β-amino-alcohol motifs (C(OH)–C–C–N with tert-alkyl or cyclic N) is 1. The first-order valence-corrected chi connectivity index (χ1v) is 10.5. The first kappa shape index (κ1) is 20.0. The van der Waals surface area contributed by atoms with E-state index in [0.29, 0.717) is 44.2 Å². The van der Waals surface area contributed by atoms with Crippen molar-refractivity contribution >= 4 is 0 Å². The number of allylic oxidation sites excluding steroid dienone is 1. The third-order valence-corrected chi connectivity index (χ3v) is 7.02. The molecule has 1 heterocycles. The smallest absolute Gasteiger partial charge is 0.123 e. The molecule has 1 aliphatic heterocycles. The molecule has 2 bridgehead atoms. The summed E-state index contributed by atoms with van der Waals surface area (Å²) in [5.74, 6) is 1.25. The minimum Gasteiger partial charge on any atom is -0.389 e. The Morgan fingerprint density at radius 2 is 2.11 bits per heavy atom. The molecule has 0 aromatic heterocycles. The lowest BCUT2D eigenvalue weighted by molar-refractivity contribution is -0.0545. The van der Waals surface area contributed by atoms with Crippen LogP contribution in [0.2, 0.25) is 0 Å². The maximum absolute atomic E-state index is 13.1. The van der Waals surface area contributed by atoms with E-state index in [2.05, 4.69) is 24.8 Å². The molecule has 4 aliphatic rings. The number of fused-ring (bicyclic) bond motifs is 1. The van der Waals surface area contributed by atoms with E-state index in [9.17, 15) is 9.50 Å². The lowest BCUT2D eigenvalue weighted by atomic mass is 9.49. The van der Waals surface area contributed by atoms with Crippen LogP contribution in [0.15, 0.2) is 35.9 Å². The summed E-state index contributed by atoms with van der Waals surface area (Å²) in [4.78, 5) is 2.20. The Labute approximate surface area is 167 Å². The molecule has 1 saturated heterocycles. The van der Waals surface area contributed by atoms with Crippen molar-refractivity contribution in [2.45, 2.75) is 38.9 Å². The van der Waals surface area contributed by atoms with Gasteiger partial charge in [-0.1, -0.05) is 32.1 Å². The van der Waals surface area contributed by atoms with Crippen LogP contribution in [0.3, 0.4) is 0 Å². The van der Waals surface area contributed by atoms with Gasteiger partial charge in [-0.3, -0.25) is 4.90 Å². The van der Waals surface area contributed by atoms with Crippen LogP contribution >= 0.6 is 0 Å². The normalized spacial score (nSPS) is 30.4. The van der Waals surface area contributed by atoms with Gasteiger partial charge in [0.2, 0.25) is 0 Å². The average Bonchev–Trinajstić information content (AvgIpc) is 2.68. The third-order valence-electron chi connectivity index (χ3n) is 7.02. The molecule has 1 saturated carbocycles. The Morgan fingerprint density at radius 3 is 2.82 bits per heavy atom. The van der Waals surface area contributed by atoms with Gasteiger partial charge in [0, 0.05) is 19.6 Å². The molecule has 5 rings (SSSR count). The first-order valence-electron chi connectivity index (χ1n) is 10.5. The van der Waals surface area contributed by atoms with Gasteiger partial charge in [0.05, 0.1) is 32.0 Å². The van der Waals surface area contributed by atoms with Crippen LogP contribution in [0.4, 0.5) is 4.39 Å². The van der Waals surface area contributed by atoms with Crippen molar-refractivity contribution in [2.75, 3.05) is 39.5 Å². The summed E-state index contributed by atoms with van der Waals surface area (Å²) in [5, 5.41) is 10.4. The number of nitrogens with zero attached hydrogens (tertiary/aromatic N) is 1. The van der Waals surface area contributed by atoms with Gasteiger partial charge in [-0.25, -0.2) is 4.39 Å². The van der Waals surface area contributed by atoms with Crippen molar-refractivity contribution in [1.82, 2.24) is 4.90 Å². The van der Waals surface area contributed by atoms with E-state index in [4.69, 9.17) is 9.47 Å². The molecule has 28 heavy (non-hydrogen) atoms. The molecule has 5 heteroatoms. The van der Waals surface area contributed by atoms with Gasteiger partial charge in [0.1, 0.15) is 5.82 Å². The molecular formula is C23H32FNO3. The highest BCUT2D eigenvalue weighted by atomic mass is 19.1. The molecule has 1 aromatic rings. The zero-order valence-corrected chi connectivity index (χ0v) is 16.9.